The van der Waals surface area contributed by atoms with Crippen LogP contribution in [-0.4, -0.2) is 39.0 Å². The van der Waals surface area contributed by atoms with Crippen LogP contribution in [0.15, 0.2) is 29.2 Å². The Morgan fingerprint density at radius 3 is 2.61 bits per heavy atom. The Balaban J connectivity index is 2.35. The molecular formula is C13H19NO3S. The monoisotopic (exact) mass is 269 g/mol. The molecule has 0 saturated carbocycles. The summed E-state index contributed by atoms with van der Waals surface area (Å²) in [6.45, 7) is 3.37. The number of sulfone groups is 1. The zero-order chi connectivity index (χ0) is 13.3. The minimum Gasteiger partial charge on any atom is -0.393 e. The van der Waals surface area contributed by atoms with Crippen LogP contribution in [0.25, 0.3) is 0 Å². The van der Waals surface area contributed by atoms with Gasteiger partial charge in [0.2, 0.25) is 0 Å². The third-order valence-corrected chi connectivity index (χ3v) is 4.61. The molecule has 0 spiro atoms. The van der Waals surface area contributed by atoms with Gasteiger partial charge in [0.05, 0.1) is 16.7 Å². The van der Waals surface area contributed by atoms with Gasteiger partial charge in [0.15, 0.2) is 9.84 Å². The summed E-state index contributed by atoms with van der Waals surface area (Å²) in [7, 11) is -3.22. The first-order chi connectivity index (χ1) is 8.39. The van der Waals surface area contributed by atoms with Crippen LogP contribution >= 0.6 is 0 Å². The number of piperidine rings is 1. The van der Waals surface area contributed by atoms with Crippen LogP contribution in [0.4, 0.5) is 5.69 Å². The maximum Gasteiger partial charge on any atom is 0.177 e. The second kappa shape index (κ2) is 4.90. The lowest BCUT2D eigenvalue weighted by Gasteiger charge is -2.36. The first-order valence-electron chi connectivity index (χ1n) is 6.11. The summed E-state index contributed by atoms with van der Waals surface area (Å²) in [5.74, 6) is 0.159. The summed E-state index contributed by atoms with van der Waals surface area (Å²) in [4.78, 5) is 2.42. The molecular weight excluding hydrogens is 250 g/mol. The standard InChI is InChI=1S/C13H19NO3S/c1-10-9-14(8-7-12(10)15)11-5-3-4-6-13(11)18(2,16)17/h3-6,10,12,15H,7-9H2,1-2H3. The van der Waals surface area contributed by atoms with Crippen molar-refractivity contribution in [1.82, 2.24) is 0 Å². The van der Waals surface area contributed by atoms with Crippen molar-refractivity contribution in [3.63, 3.8) is 0 Å². The average Bonchev–Trinajstić information content (AvgIpc) is 2.32. The van der Waals surface area contributed by atoms with Gasteiger partial charge in [-0.05, 0) is 24.5 Å². The normalized spacial score (nSPS) is 25.2. The van der Waals surface area contributed by atoms with E-state index in [2.05, 4.69) is 0 Å². The van der Waals surface area contributed by atoms with E-state index in [1.807, 2.05) is 24.0 Å². The van der Waals surface area contributed by atoms with Crippen molar-refractivity contribution in [3.8, 4) is 0 Å². The Morgan fingerprint density at radius 2 is 2.00 bits per heavy atom. The summed E-state index contributed by atoms with van der Waals surface area (Å²) < 4.78 is 23.5. The maximum atomic E-state index is 11.8. The second-order valence-electron chi connectivity index (χ2n) is 5.02. The molecule has 100 valence electrons. The molecule has 1 aliphatic heterocycles. The molecule has 18 heavy (non-hydrogen) atoms. The number of aliphatic hydroxyl groups excluding tert-OH is 1. The number of para-hydroxylation sites is 1. The van der Waals surface area contributed by atoms with Gasteiger partial charge in [-0.1, -0.05) is 19.1 Å². The minimum atomic E-state index is -3.22. The molecule has 2 rings (SSSR count). The largest absolute Gasteiger partial charge is 0.393 e. The fraction of sp³-hybridized carbons (Fsp3) is 0.538. The summed E-state index contributed by atoms with van der Waals surface area (Å²) in [5, 5.41) is 9.73. The van der Waals surface area contributed by atoms with E-state index in [1.165, 1.54) is 6.26 Å². The average molecular weight is 269 g/mol. The molecule has 4 nitrogen and oxygen atoms in total. The van der Waals surface area contributed by atoms with Crippen molar-refractivity contribution in [3.05, 3.63) is 24.3 Å². The molecule has 1 saturated heterocycles. The highest BCUT2D eigenvalue weighted by Crippen LogP contribution is 2.29. The van der Waals surface area contributed by atoms with Crippen molar-refractivity contribution in [1.29, 1.82) is 0 Å². The smallest absolute Gasteiger partial charge is 0.177 e. The quantitative estimate of drug-likeness (QED) is 0.879. The summed E-state index contributed by atoms with van der Waals surface area (Å²) in [6, 6.07) is 7.06. The first-order valence-corrected chi connectivity index (χ1v) is 8.01. The highest BCUT2D eigenvalue weighted by Gasteiger charge is 2.26. The molecule has 0 aliphatic carbocycles. The summed E-state index contributed by atoms with van der Waals surface area (Å²) in [6.07, 6.45) is 1.62. The molecule has 1 N–H and O–H groups in total. The Hall–Kier alpha value is -1.07. The fourth-order valence-electron chi connectivity index (χ4n) is 2.38. The van der Waals surface area contributed by atoms with Gasteiger partial charge >= 0.3 is 0 Å². The number of benzene rings is 1. The topological polar surface area (TPSA) is 57.6 Å². The lowest BCUT2D eigenvalue weighted by atomic mass is 9.96. The van der Waals surface area contributed by atoms with Crippen LogP contribution in [-0.2, 0) is 9.84 Å². The Morgan fingerprint density at radius 1 is 1.33 bits per heavy atom. The zero-order valence-corrected chi connectivity index (χ0v) is 11.5. The van der Waals surface area contributed by atoms with E-state index in [0.717, 1.165) is 5.69 Å². The van der Waals surface area contributed by atoms with Crippen LogP contribution < -0.4 is 4.90 Å². The number of aliphatic hydroxyl groups is 1. The van der Waals surface area contributed by atoms with Gasteiger partial charge in [-0.25, -0.2) is 8.42 Å². The van der Waals surface area contributed by atoms with E-state index >= 15 is 0 Å². The van der Waals surface area contributed by atoms with Crippen LogP contribution in [0.1, 0.15) is 13.3 Å². The van der Waals surface area contributed by atoms with E-state index in [4.69, 9.17) is 0 Å². The molecule has 2 atom stereocenters. The van der Waals surface area contributed by atoms with E-state index < -0.39 is 9.84 Å². The van der Waals surface area contributed by atoms with Crippen molar-refractivity contribution in [2.45, 2.75) is 24.3 Å². The lowest BCUT2D eigenvalue weighted by molar-refractivity contribution is 0.0969. The van der Waals surface area contributed by atoms with Crippen LogP contribution in [0, 0.1) is 5.92 Å². The van der Waals surface area contributed by atoms with E-state index in [-0.39, 0.29) is 12.0 Å². The number of hydrogen-bond acceptors (Lipinski definition) is 4. The third kappa shape index (κ3) is 2.67. The Bertz CT molecular complexity index is 527. The van der Waals surface area contributed by atoms with Gasteiger partial charge in [0.1, 0.15) is 0 Å². The van der Waals surface area contributed by atoms with Crippen molar-refractivity contribution < 1.29 is 13.5 Å². The highest BCUT2D eigenvalue weighted by atomic mass is 32.2. The third-order valence-electron chi connectivity index (χ3n) is 3.47. The lowest BCUT2D eigenvalue weighted by Crippen LogP contribution is -2.42. The summed E-state index contributed by atoms with van der Waals surface area (Å²) >= 11 is 0. The molecule has 0 aromatic heterocycles. The molecule has 5 heteroatoms. The fourth-order valence-corrected chi connectivity index (χ4v) is 3.29. The molecule has 1 aromatic rings. The second-order valence-corrected chi connectivity index (χ2v) is 7.00. The van der Waals surface area contributed by atoms with Crippen LogP contribution in [0.5, 0.6) is 0 Å². The van der Waals surface area contributed by atoms with E-state index in [9.17, 15) is 13.5 Å². The van der Waals surface area contributed by atoms with Crippen LogP contribution in [0.3, 0.4) is 0 Å². The van der Waals surface area contributed by atoms with Gasteiger partial charge in [-0.3, -0.25) is 0 Å². The van der Waals surface area contributed by atoms with Crippen molar-refractivity contribution >= 4 is 15.5 Å². The van der Waals surface area contributed by atoms with Gasteiger partial charge in [0.25, 0.3) is 0 Å². The maximum absolute atomic E-state index is 11.8. The Kier molecular flexibility index (Phi) is 3.64. The van der Waals surface area contributed by atoms with Crippen molar-refractivity contribution in [2.75, 3.05) is 24.2 Å². The molecule has 1 fully saturated rings. The number of anilines is 1. The molecule has 0 radical (unpaired) electrons. The van der Waals surface area contributed by atoms with Gasteiger partial charge in [0, 0.05) is 19.3 Å². The SMILES string of the molecule is CC1CN(c2ccccc2S(C)(=O)=O)CCC1O. The Labute approximate surface area is 108 Å². The number of hydrogen-bond donors (Lipinski definition) is 1. The van der Waals surface area contributed by atoms with Gasteiger partial charge in [-0.15, -0.1) is 0 Å². The first kappa shape index (κ1) is 13.4. The molecule has 0 amide bonds. The molecule has 0 bridgehead atoms. The highest BCUT2D eigenvalue weighted by molar-refractivity contribution is 7.90. The van der Waals surface area contributed by atoms with Gasteiger partial charge in [-0.2, -0.15) is 0 Å². The predicted molar refractivity (Wildman–Crippen MR) is 71.6 cm³/mol. The minimum absolute atomic E-state index is 0.159. The predicted octanol–water partition coefficient (Wildman–Crippen LogP) is 1.30. The molecule has 1 aliphatic rings. The van der Waals surface area contributed by atoms with Crippen molar-refractivity contribution in [2.24, 2.45) is 5.92 Å². The van der Waals surface area contributed by atoms with E-state index in [0.29, 0.717) is 24.4 Å². The summed E-state index contributed by atoms with van der Waals surface area (Å²) in [5.41, 5.74) is 0.749. The van der Waals surface area contributed by atoms with Gasteiger partial charge < -0.3 is 10.0 Å². The molecule has 2 unspecified atom stereocenters. The molecule has 1 heterocycles. The number of nitrogens with zero attached hydrogens (tertiary/aromatic N) is 1. The number of rotatable bonds is 2. The van der Waals surface area contributed by atoms with E-state index in [1.54, 1.807) is 12.1 Å². The zero-order valence-electron chi connectivity index (χ0n) is 10.7. The van der Waals surface area contributed by atoms with Crippen LogP contribution in [0.2, 0.25) is 0 Å². The molecule has 1 aromatic carbocycles.